The van der Waals surface area contributed by atoms with Crippen LogP contribution in [0.4, 0.5) is 0 Å². The van der Waals surface area contributed by atoms with Crippen molar-refractivity contribution >= 4 is 11.1 Å². The predicted octanol–water partition coefficient (Wildman–Crippen LogP) is 2.45. The Morgan fingerprint density at radius 3 is 2.65 bits per heavy atom. The number of benzene rings is 1. The van der Waals surface area contributed by atoms with E-state index >= 15 is 0 Å². The summed E-state index contributed by atoms with van der Waals surface area (Å²) in [5.74, 6) is 0.0700. The van der Waals surface area contributed by atoms with E-state index in [-0.39, 0.29) is 5.92 Å². The van der Waals surface area contributed by atoms with Crippen molar-refractivity contribution in [3.63, 3.8) is 0 Å². The molecule has 2 atom stereocenters. The Labute approximate surface area is 99.3 Å². The van der Waals surface area contributed by atoms with Gasteiger partial charge in [-0.1, -0.05) is 26.8 Å². The average Bonchev–Trinajstić information content (AvgIpc) is 2.65. The molecule has 92 valence electrons. The number of hydrogen-bond acceptors (Lipinski definition) is 3. The van der Waals surface area contributed by atoms with Crippen LogP contribution in [0.5, 0.6) is 0 Å². The summed E-state index contributed by atoms with van der Waals surface area (Å²) >= 11 is 0. The summed E-state index contributed by atoms with van der Waals surface area (Å²) in [6.07, 6.45) is -0.542. The molecule has 0 spiro atoms. The van der Waals surface area contributed by atoms with E-state index in [0.29, 0.717) is 17.0 Å². The van der Waals surface area contributed by atoms with Gasteiger partial charge in [-0.15, -0.1) is 0 Å². The number of aromatic nitrogens is 1. The lowest BCUT2D eigenvalue weighted by molar-refractivity contribution is 0.0921. The lowest BCUT2D eigenvalue weighted by Crippen LogP contribution is -2.14. The number of fused-ring (bicyclic) bond motifs is 1. The van der Waals surface area contributed by atoms with Gasteiger partial charge in [0.15, 0.2) is 5.58 Å². The van der Waals surface area contributed by atoms with E-state index in [9.17, 15) is 9.90 Å². The third kappa shape index (κ3) is 2.26. The van der Waals surface area contributed by atoms with Gasteiger partial charge in [-0.2, -0.15) is 0 Å². The standard InChI is InChI=1S/C13H17NO3/c1-7(2)8(3)12(15)9-4-5-10-11(6-9)17-13(16)14-10/h4-8,12,15H,1-3H3,(H,14,16). The first-order valence-corrected chi connectivity index (χ1v) is 5.80. The van der Waals surface area contributed by atoms with Gasteiger partial charge in [0, 0.05) is 0 Å². The number of aromatic amines is 1. The molecule has 2 unspecified atom stereocenters. The molecule has 0 saturated heterocycles. The number of H-pyrrole nitrogens is 1. The molecular weight excluding hydrogens is 218 g/mol. The smallest absolute Gasteiger partial charge is 0.408 e. The highest BCUT2D eigenvalue weighted by atomic mass is 16.4. The molecule has 4 heteroatoms. The van der Waals surface area contributed by atoms with Crippen molar-refractivity contribution in [2.24, 2.45) is 11.8 Å². The molecule has 0 aliphatic carbocycles. The van der Waals surface area contributed by atoms with Gasteiger partial charge in [0.1, 0.15) is 0 Å². The zero-order chi connectivity index (χ0) is 12.6. The lowest BCUT2D eigenvalue weighted by Gasteiger charge is -2.22. The monoisotopic (exact) mass is 235 g/mol. The van der Waals surface area contributed by atoms with Gasteiger partial charge >= 0.3 is 5.76 Å². The van der Waals surface area contributed by atoms with Crippen LogP contribution < -0.4 is 5.76 Å². The Kier molecular flexibility index (Phi) is 3.07. The molecule has 0 bridgehead atoms. The summed E-state index contributed by atoms with van der Waals surface area (Å²) in [5, 5.41) is 10.2. The zero-order valence-corrected chi connectivity index (χ0v) is 10.2. The first-order valence-electron chi connectivity index (χ1n) is 5.80. The van der Waals surface area contributed by atoms with Crippen molar-refractivity contribution in [2.45, 2.75) is 26.9 Å². The zero-order valence-electron chi connectivity index (χ0n) is 10.2. The molecule has 1 aromatic carbocycles. The fourth-order valence-corrected chi connectivity index (χ4v) is 1.81. The van der Waals surface area contributed by atoms with Crippen molar-refractivity contribution in [3.8, 4) is 0 Å². The highest BCUT2D eigenvalue weighted by Crippen LogP contribution is 2.28. The van der Waals surface area contributed by atoms with E-state index in [4.69, 9.17) is 4.42 Å². The van der Waals surface area contributed by atoms with Crippen LogP contribution in [0.15, 0.2) is 27.4 Å². The average molecular weight is 235 g/mol. The number of hydrogen-bond donors (Lipinski definition) is 2. The fraction of sp³-hybridized carbons (Fsp3) is 0.462. The summed E-state index contributed by atoms with van der Waals surface area (Å²) in [5.41, 5.74) is 1.92. The van der Waals surface area contributed by atoms with Crippen LogP contribution in [0, 0.1) is 11.8 Å². The summed E-state index contributed by atoms with van der Waals surface area (Å²) in [4.78, 5) is 13.6. The van der Waals surface area contributed by atoms with E-state index < -0.39 is 11.9 Å². The molecule has 2 rings (SSSR count). The van der Waals surface area contributed by atoms with Gasteiger partial charge in [0.05, 0.1) is 11.6 Å². The van der Waals surface area contributed by atoms with Gasteiger partial charge in [-0.3, -0.25) is 4.98 Å². The Hall–Kier alpha value is -1.55. The normalized spacial score (nSPS) is 15.4. The van der Waals surface area contributed by atoms with Gasteiger partial charge in [0.25, 0.3) is 0 Å². The molecule has 1 aromatic heterocycles. The first-order chi connectivity index (χ1) is 7.99. The van der Waals surface area contributed by atoms with E-state index in [2.05, 4.69) is 18.8 Å². The van der Waals surface area contributed by atoms with Gasteiger partial charge in [-0.25, -0.2) is 4.79 Å². The third-order valence-corrected chi connectivity index (χ3v) is 3.34. The molecule has 0 fully saturated rings. The SMILES string of the molecule is CC(C)C(C)C(O)c1ccc2[nH]c(=O)oc2c1. The number of aliphatic hydroxyl groups excluding tert-OH is 1. The van der Waals surface area contributed by atoms with E-state index in [1.165, 1.54) is 0 Å². The highest BCUT2D eigenvalue weighted by molar-refractivity contribution is 5.72. The molecule has 0 aliphatic rings. The Morgan fingerprint density at radius 1 is 1.29 bits per heavy atom. The second kappa shape index (κ2) is 4.37. The molecule has 0 aliphatic heterocycles. The largest absolute Gasteiger partial charge is 0.417 e. The minimum atomic E-state index is -0.542. The quantitative estimate of drug-likeness (QED) is 0.858. The van der Waals surface area contributed by atoms with E-state index in [1.807, 2.05) is 13.0 Å². The molecule has 2 N–H and O–H groups in total. The summed E-state index contributed by atoms with van der Waals surface area (Å²) in [6.45, 7) is 6.15. The van der Waals surface area contributed by atoms with Crippen LogP contribution >= 0.6 is 0 Å². The number of nitrogens with one attached hydrogen (secondary N) is 1. The lowest BCUT2D eigenvalue weighted by atomic mass is 9.88. The van der Waals surface area contributed by atoms with Crippen molar-refractivity contribution in [1.29, 1.82) is 0 Å². The van der Waals surface area contributed by atoms with Crippen molar-refractivity contribution < 1.29 is 9.52 Å². The summed E-state index contributed by atoms with van der Waals surface area (Å²) < 4.78 is 4.98. The minimum Gasteiger partial charge on any atom is -0.408 e. The maximum absolute atomic E-state index is 11.0. The van der Waals surface area contributed by atoms with Gasteiger partial charge < -0.3 is 9.52 Å². The second-order valence-corrected chi connectivity index (χ2v) is 4.82. The van der Waals surface area contributed by atoms with E-state index in [0.717, 1.165) is 5.56 Å². The molecule has 0 radical (unpaired) electrons. The highest BCUT2D eigenvalue weighted by Gasteiger charge is 2.20. The maximum Gasteiger partial charge on any atom is 0.417 e. The van der Waals surface area contributed by atoms with E-state index in [1.54, 1.807) is 12.1 Å². The van der Waals surface area contributed by atoms with Crippen LogP contribution in [0.25, 0.3) is 11.1 Å². The molecule has 1 heterocycles. The molecule has 0 amide bonds. The maximum atomic E-state index is 11.0. The summed E-state index contributed by atoms with van der Waals surface area (Å²) in [6, 6.07) is 5.29. The Bertz CT molecular complexity index is 567. The van der Waals surface area contributed by atoms with Crippen LogP contribution in [0.2, 0.25) is 0 Å². The number of oxazole rings is 1. The van der Waals surface area contributed by atoms with Crippen LogP contribution in [0.1, 0.15) is 32.4 Å². The van der Waals surface area contributed by atoms with Crippen molar-refractivity contribution in [1.82, 2.24) is 4.98 Å². The molecule has 2 aromatic rings. The third-order valence-electron chi connectivity index (χ3n) is 3.34. The van der Waals surface area contributed by atoms with Crippen LogP contribution in [-0.4, -0.2) is 10.1 Å². The number of rotatable bonds is 3. The predicted molar refractivity (Wildman–Crippen MR) is 65.8 cm³/mol. The molecular formula is C13H17NO3. The Morgan fingerprint density at radius 2 is 2.00 bits per heavy atom. The fourth-order valence-electron chi connectivity index (χ4n) is 1.81. The van der Waals surface area contributed by atoms with Crippen molar-refractivity contribution in [3.05, 3.63) is 34.3 Å². The Balaban J connectivity index is 2.38. The minimum absolute atomic E-state index is 0.151. The first kappa shape index (κ1) is 11.9. The van der Waals surface area contributed by atoms with Gasteiger partial charge in [-0.05, 0) is 29.5 Å². The molecule has 17 heavy (non-hydrogen) atoms. The molecule has 4 nitrogen and oxygen atoms in total. The van der Waals surface area contributed by atoms with Crippen LogP contribution in [0.3, 0.4) is 0 Å². The summed E-state index contributed by atoms with van der Waals surface area (Å²) in [7, 11) is 0. The number of aliphatic hydroxyl groups is 1. The topological polar surface area (TPSA) is 66.2 Å². The molecule has 0 saturated carbocycles. The van der Waals surface area contributed by atoms with Gasteiger partial charge in [0.2, 0.25) is 0 Å². The van der Waals surface area contributed by atoms with Crippen LogP contribution in [-0.2, 0) is 0 Å². The second-order valence-electron chi connectivity index (χ2n) is 4.82. The van der Waals surface area contributed by atoms with Crippen molar-refractivity contribution in [2.75, 3.05) is 0 Å².